The van der Waals surface area contributed by atoms with E-state index in [-0.39, 0.29) is 17.9 Å². The summed E-state index contributed by atoms with van der Waals surface area (Å²) in [4.78, 5) is 17.7. The second-order valence-electron chi connectivity index (χ2n) is 5.13. The maximum Gasteiger partial charge on any atom is 0.250 e. The maximum atomic E-state index is 12.2. The number of ether oxygens (including phenoxy) is 1. The number of hydroxylamine groups is 2. The summed E-state index contributed by atoms with van der Waals surface area (Å²) in [6.07, 6.45) is 4.25. The third-order valence-electron chi connectivity index (χ3n) is 3.95. The Balaban J connectivity index is 1.58. The van der Waals surface area contributed by atoms with Crippen molar-refractivity contribution in [1.82, 2.24) is 10.4 Å². The van der Waals surface area contributed by atoms with Crippen molar-refractivity contribution in [3.8, 4) is 0 Å². The van der Waals surface area contributed by atoms with Crippen LogP contribution in [-0.2, 0) is 14.4 Å². The average molecular weight is 240 g/mol. The molecule has 0 aromatic rings. The minimum atomic E-state index is 0.0208. The first-order valence-electron chi connectivity index (χ1n) is 6.64. The lowest BCUT2D eigenvalue weighted by Crippen LogP contribution is -2.51. The van der Waals surface area contributed by atoms with Crippen molar-refractivity contribution in [3.63, 3.8) is 0 Å². The third-order valence-corrected chi connectivity index (χ3v) is 3.95. The number of carbonyl (C=O) groups excluding carboxylic acids is 1. The smallest absolute Gasteiger partial charge is 0.250 e. The van der Waals surface area contributed by atoms with Crippen molar-refractivity contribution < 1.29 is 14.4 Å². The van der Waals surface area contributed by atoms with Gasteiger partial charge in [-0.15, -0.1) is 0 Å². The SMILES string of the molecule is O=C([C@@H]1CN[C@@H]2CCO[C@@H]2C1)N1CCCCO1. The fourth-order valence-electron chi connectivity index (χ4n) is 2.93. The van der Waals surface area contributed by atoms with Gasteiger partial charge in [-0.2, -0.15) is 0 Å². The van der Waals surface area contributed by atoms with Crippen LogP contribution in [0.4, 0.5) is 0 Å². The maximum absolute atomic E-state index is 12.2. The van der Waals surface area contributed by atoms with E-state index in [1.807, 2.05) is 0 Å². The first-order chi connectivity index (χ1) is 8.34. The Hall–Kier alpha value is -0.650. The van der Waals surface area contributed by atoms with E-state index in [1.165, 1.54) is 0 Å². The minimum absolute atomic E-state index is 0.0208. The van der Waals surface area contributed by atoms with Crippen LogP contribution < -0.4 is 5.32 Å². The largest absolute Gasteiger partial charge is 0.377 e. The lowest BCUT2D eigenvalue weighted by atomic mass is 9.91. The molecule has 3 rings (SSSR count). The molecule has 0 saturated carbocycles. The summed E-state index contributed by atoms with van der Waals surface area (Å²) in [6, 6.07) is 0.460. The van der Waals surface area contributed by atoms with Crippen molar-refractivity contribution in [1.29, 1.82) is 0 Å². The molecule has 3 heterocycles. The highest BCUT2D eigenvalue weighted by Crippen LogP contribution is 2.26. The molecule has 5 heteroatoms. The number of hydrogen-bond acceptors (Lipinski definition) is 4. The number of rotatable bonds is 1. The molecule has 0 aliphatic carbocycles. The molecule has 0 radical (unpaired) electrons. The van der Waals surface area contributed by atoms with Crippen LogP contribution in [0.25, 0.3) is 0 Å². The van der Waals surface area contributed by atoms with Gasteiger partial charge in [-0.1, -0.05) is 0 Å². The highest BCUT2D eigenvalue weighted by atomic mass is 16.7. The Bertz CT molecular complexity index is 291. The van der Waals surface area contributed by atoms with Gasteiger partial charge in [0.15, 0.2) is 0 Å². The molecule has 0 aromatic carbocycles. The van der Waals surface area contributed by atoms with E-state index in [1.54, 1.807) is 5.06 Å². The van der Waals surface area contributed by atoms with Gasteiger partial charge in [0, 0.05) is 25.7 Å². The van der Waals surface area contributed by atoms with Gasteiger partial charge in [0.2, 0.25) is 0 Å². The van der Waals surface area contributed by atoms with E-state index >= 15 is 0 Å². The number of hydrogen-bond donors (Lipinski definition) is 1. The van der Waals surface area contributed by atoms with Gasteiger partial charge in [0.1, 0.15) is 0 Å². The zero-order valence-electron chi connectivity index (χ0n) is 10.1. The summed E-state index contributed by atoms with van der Waals surface area (Å²) < 4.78 is 5.65. The first-order valence-corrected chi connectivity index (χ1v) is 6.64. The van der Waals surface area contributed by atoms with Gasteiger partial charge in [0.25, 0.3) is 5.91 Å². The number of nitrogens with one attached hydrogen (secondary N) is 1. The molecule has 0 aromatic heterocycles. The van der Waals surface area contributed by atoms with E-state index in [2.05, 4.69) is 5.32 Å². The monoisotopic (exact) mass is 240 g/mol. The summed E-state index contributed by atoms with van der Waals surface area (Å²) in [5.41, 5.74) is 0. The number of piperidine rings is 1. The fourth-order valence-corrected chi connectivity index (χ4v) is 2.93. The van der Waals surface area contributed by atoms with Crippen LogP contribution in [0.5, 0.6) is 0 Å². The summed E-state index contributed by atoms with van der Waals surface area (Å²) in [7, 11) is 0. The molecule has 3 aliphatic heterocycles. The van der Waals surface area contributed by atoms with Crippen molar-refractivity contribution in [3.05, 3.63) is 0 Å². The Morgan fingerprint density at radius 2 is 2.24 bits per heavy atom. The van der Waals surface area contributed by atoms with E-state index in [9.17, 15) is 4.79 Å². The van der Waals surface area contributed by atoms with E-state index in [0.717, 1.165) is 45.4 Å². The molecule has 3 fully saturated rings. The standard InChI is InChI=1S/C12H20N2O3/c15-12(14-4-1-2-5-17-14)9-7-11-10(13-8-9)3-6-16-11/h9-11,13H,1-8H2/t9-,10+,11+/m0/s1. The molecule has 0 spiro atoms. The molecule has 3 atom stereocenters. The lowest BCUT2D eigenvalue weighted by molar-refractivity contribution is -0.202. The average Bonchev–Trinajstić information content (AvgIpc) is 2.86. The predicted octanol–water partition coefficient (Wildman–Crippen LogP) is 0.307. The molecular weight excluding hydrogens is 220 g/mol. The second kappa shape index (κ2) is 4.92. The van der Waals surface area contributed by atoms with Gasteiger partial charge in [0.05, 0.1) is 18.6 Å². The molecule has 96 valence electrons. The summed E-state index contributed by atoms with van der Waals surface area (Å²) in [6.45, 7) is 3.01. The van der Waals surface area contributed by atoms with Crippen molar-refractivity contribution in [2.24, 2.45) is 5.92 Å². The Labute approximate surface area is 101 Å². The summed E-state index contributed by atoms with van der Waals surface area (Å²) in [5.74, 6) is 0.151. The van der Waals surface area contributed by atoms with Crippen molar-refractivity contribution >= 4 is 5.91 Å². The molecular formula is C12H20N2O3. The van der Waals surface area contributed by atoms with E-state index in [0.29, 0.717) is 12.6 Å². The van der Waals surface area contributed by atoms with Crippen LogP contribution in [0.3, 0.4) is 0 Å². The quantitative estimate of drug-likeness (QED) is 0.716. The number of amides is 1. The van der Waals surface area contributed by atoms with Crippen LogP contribution >= 0.6 is 0 Å². The fraction of sp³-hybridized carbons (Fsp3) is 0.917. The number of nitrogens with zero attached hydrogens (tertiary/aromatic N) is 1. The summed E-state index contributed by atoms with van der Waals surface area (Å²) in [5, 5.41) is 4.98. The third kappa shape index (κ3) is 2.32. The minimum Gasteiger partial charge on any atom is -0.377 e. The molecule has 3 saturated heterocycles. The van der Waals surface area contributed by atoms with E-state index < -0.39 is 0 Å². The van der Waals surface area contributed by atoms with Gasteiger partial charge in [-0.3, -0.25) is 9.63 Å². The van der Waals surface area contributed by atoms with Crippen LogP contribution in [-0.4, -0.2) is 49.4 Å². The predicted molar refractivity (Wildman–Crippen MR) is 61.2 cm³/mol. The molecule has 17 heavy (non-hydrogen) atoms. The van der Waals surface area contributed by atoms with Gasteiger partial charge in [-0.25, -0.2) is 5.06 Å². The van der Waals surface area contributed by atoms with Gasteiger partial charge >= 0.3 is 0 Å². The molecule has 1 N–H and O–H groups in total. The topological polar surface area (TPSA) is 50.8 Å². The molecule has 0 bridgehead atoms. The molecule has 3 aliphatic rings. The molecule has 5 nitrogen and oxygen atoms in total. The number of carbonyl (C=O) groups is 1. The van der Waals surface area contributed by atoms with Crippen molar-refractivity contribution in [2.75, 3.05) is 26.3 Å². The molecule has 1 amide bonds. The highest BCUT2D eigenvalue weighted by molar-refractivity contribution is 5.78. The Morgan fingerprint density at radius 1 is 1.29 bits per heavy atom. The Kier molecular flexibility index (Phi) is 3.31. The molecule has 0 unspecified atom stereocenters. The Morgan fingerprint density at radius 3 is 3.06 bits per heavy atom. The van der Waals surface area contributed by atoms with Crippen LogP contribution in [0.1, 0.15) is 25.7 Å². The highest BCUT2D eigenvalue weighted by Gasteiger charge is 2.39. The normalized spacial score (nSPS) is 37.9. The summed E-state index contributed by atoms with van der Waals surface area (Å²) >= 11 is 0. The first kappa shape index (κ1) is 11.4. The van der Waals surface area contributed by atoms with Crippen LogP contribution in [0, 0.1) is 5.92 Å². The van der Waals surface area contributed by atoms with Gasteiger partial charge in [-0.05, 0) is 25.7 Å². The van der Waals surface area contributed by atoms with Crippen molar-refractivity contribution in [2.45, 2.75) is 37.8 Å². The van der Waals surface area contributed by atoms with E-state index in [4.69, 9.17) is 9.57 Å². The zero-order valence-corrected chi connectivity index (χ0v) is 10.1. The lowest BCUT2D eigenvalue weighted by Gasteiger charge is -2.35. The number of fused-ring (bicyclic) bond motifs is 1. The second-order valence-corrected chi connectivity index (χ2v) is 5.13. The zero-order chi connectivity index (χ0) is 11.7. The van der Waals surface area contributed by atoms with Crippen LogP contribution in [0.15, 0.2) is 0 Å². The van der Waals surface area contributed by atoms with Gasteiger partial charge < -0.3 is 10.1 Å². The van der Waals surface area contributed by atoms with Crippen LogP contribution in [0.2, 0.25) is 0 Å².